The molecule has 0 aliphatic heterocycles. The van der Waals surface area contributed by atoms with Crippen LogP contribution in [0.3, 0.4) is 0 Å². The second-order valence-corrected chi connectivity index (χ2v) is 3.33. The van der Waals surface area contributed by atoms with Crippen LogP contribution in [0.15, 0.2) is 11.1 Å². The summed E-state index contributed by atoms with van der Waals surface area (Å²) < 4.78 is 0.401. The summed E-state index contributed by atoms with van der Waals surface area (Å²) in [6.45, 7) is 1.41. The summed E-state index contributed by atoms with van der Waals surface area (Å²) >= 11 is 3.14. The first-order valence-corrected chi connectivity index (χ1v) is 4.60. The van der Waals surface area contributed by atoms with Gasteiger partial charge < -0.3 is 10.3 Å². The van der Waals surface area contributed by atoms with Gasteiger partial charge in [-0.05, 0) is 15.9 Å². The van der Waals surface area contributed by atoms with Crippen molar-refractivity contribution in [3.8, 4) is 0 Å². The molecule has 72 valence electrons. The van der Waals surface area contributed by atoms with Gasteiger partial charge in [-0.2, -0.15) is 0 Å². The number of aromatic nitrogens is 4. The van der Waals surface area contributed by atoms with Crippen LogP contribution in [-0.2, 0) is 4.79 Å². The van der Waals surface area contributed by atoms with Crippen LogP contribution in [0, 0.1) is 0 Å². The topological polar surface area (TPSA) is 83.6 Å². The molecule has 0 unspecified atom stereocenters. The standard InChI is InChI=1S/C7H6BrN5O/c1-3(14)11-6-4-5(10-2-9-4)12-7(8)13-6/h2H,1H3,(H2,9,10,11,12,13,14). The van der Waals surface area contributed by atoms with Crippen molar-refractivity contribution < 1.29 is 4.79 Å². The van der Waals surface area contributed by atoms with E-state index in [-0.39, 0.29) is 5.91 Å². The molecule has 0 aliphatic carbocycles. The maximum absolute atomic E-state index is 10.9. The highest BCUT2D eigenvalue weighted by atomic mass is 79.9. The van der Waals surface area contributed by atoms with Crippen molar-refractivity contribution in [3.05, 3.63) is 11.1 Å². The third-order valence-electron chi connectivity index (χ3n) is 1.55. The van der Waals surface area contributed by atoms with Crippen LogP contribution in [0.1, 0.15) is 6.92 Å². The average Bonchev–Trinajstić information content (AvgIpc) is 2.50. The molecule has 2 aromatic heterocycles. The molecule has 7 heteroatoms. The van der Waals surface area contributed by atoms with Crippen molar-refractivity contribution in [1.29, 1.82) is 0 Å². The molecule has 14 heavy (non-hydrogen) atoms. The number of carbonyl (C=O) groups is 1. The molecule has 0 fully saturated rings. The number of H-pyrrole nitrogens is 1. The molecule has 0 radical (unpaired) electrons. The highest BCUT2D eigenvalue weighted by molar-refractivity contribution is 9.10. The second kappa shape index (κ2) is 3.33. The molecule has 0 saturated heterocycles. The summed E-state index contributed by atoms with van der Waals surface area (Å²) in [7, 11) is 0. The Balaban J connectivity index is 2.60. The first-order valence-electron chi connectivity index (χ1n) is 3.81. The molecule has 2 heterocycles. The number of carbonyl (C=O) groups excluding carboxylic acids is 1. The van der Waals surface area contributed by atoms with Gasteiger partial charge in [0, 0.05) is 6.92 Å². The van der Waals surface area contributed by atoms with Crippen molar-refractivity contribution in [3.63, 3.8) is 0 Å². The number of hydrogen-bond donors (Lipinski definition) is 2. The Morgan fingerprint density at radius 2 is 2.36 bits per heavy atom. The molecule has 0 atom stereocenters. The van der Waals surface area contributed by atoms with E-state index in [1.54, 1.807) is 0 Å². The Morgan fingerprint density at radius 3 is 3.07 bits per heavy atom. The molecular formula is C7H6BrN5O. The second-order valence-electron chi connectivity index (χ2n) is 2.62. The van der Waals surface area contributed by atoms with E-state index >= 15 is 0 Å². The minimum Gasteiger partial charge on any atom is -0.329 e. The van der Waals surface area contributed by atoms with Crippen molar-refractivity contribution in [2.75, 3.05) is 5.32 Å². The van der Waals surface area contributed by atoms with E-state index in [1.807, 2.05) is 0 Å². The number of nitrogens with one attached hydrogen (secondary N) is 2. The zero-order valence-electron chi connectivity index (χ0n) is 7.21. The molecule has 2 aromatic rings. The van der Waals surface area contributed by atoms with Crippen LogP contribution in [0.25, 0.3) is 11.2 Å². The third-order valence-corrected chi connectivity index (χ3v) is 1.90. The van der Waals surface area contributed by atoms with Crippen LogP contribution in [0.5, 0.6) is 0 Å². The lowest BCUT2D eigenvalue weighted by Gasteiger charge is -2.01. The van der Waals surface area contributed by atoms with Gasteiger partial charge in [-0.15, -0.1) is 0 Å². The molecule has 0 spiro atoms. The Kier molecular flexibility index (Phi) is 2.16. The van der Waals surface area contributed by atoms with Crippen molar-refractivity contribution >= 4 is 38.8 Å². The zero-order valence-corrected chi connectivity index (χ0v) is 8.79. The van der Waals surface area contributed by atoms with Crippen molar-refractivity contribution in [1.82, 2.24) is 19.9 Å². The number of amides is 1. The smallest absolute Gasteiger partial charge is 0.222 e. The summed E-state index contributed by atoms with van der Waals surface area (Å²) in [5.41, 5.74) is 1.12. The predicted molar refractivity (Wildman–Crippen MR) is 53.7 cm³/mol. The fourth-order valence-corrected chi connectivity index (χ4v) is 1.42. The third kappa shape index (κ3) is 1.58. The van der Waals surface area contributed by atoms with E-state index in [0.29, 0.717) is 21.7 Å². The van der Waals surface area contributed by atoms with E-state index in [0.717, 1.165) is 0 Å². The number of fused-ring (bicyclic) bond motifs is 1. The summed E-state index contributed by atoms with van der Waals surface area (Å²) in [5, 5.41) is 2.57. The first-order chi connectivity index (χ1) is 6.66. The van der Waals surface area contributed by atoms with Gasteiger partial charge in [-0.25, -0.2) is 15.0 Å². The molecule has 1 amide bonds. The normalized spacial score (nSPS) is 10.4. The lowest BCUT2D eigenvalue weighted by molar-refractivity contribution is -0.114. The number of nitrogens with zero attached hydrogens (tertiary/aromatic N) is 3. The van der Waals surface area contributed by atoms with Crippen molar-refractivity contribution in [2.24, 2.45) is 0 Å². The number of halogens is 1. The van der Waals surface area contributed by atoms with Crippen LogP contribution in [-0.4, -0.2) is 25.8 Å². The van der Waals surface area contributed by atoms with Gasteiger partial charge in [0.15, 0.2) is 17.0 Å². The Bertz CT molecular complexity index is 494. The number of aromatic amines is 1. The molecule has 0 bridgehead atoms. The fourth-order valence-electron chi connectivity index (χ4n) is 1.06. The molecule has 0 aromatic carbocycles. The van der Waals surface area contributed by atoms with E-state index in [9.17, 15) is 4.79 Å². The summed E-state index contributed by atoms with van der Waals surface area (Å²) in [4.78, 5) is 25.7. The van der Waals surface area contributed by atoms with Gasteiger partial charge >= 0.3 is 0 Å². The largest absolute Gasteiger partial charge is 0.329 e. The summed E-state index contributed by atoms with van der Waals surface area (Å²) in [5.74, 6) is 0.204. The average molecular weight is 256 g/mol. The van der Waals surface area contributed by atoms with E-state index in [2.05, 4.69) is 41.2 Å². The van der Waals surface area contributed by atoms with Gasteiger partial charge in [-0.1, -0.05) is 0 Å². The number of rotatable bonds is 1. The minimum atomic E-state index is -0.195. The van der Waals surface area contributed by atoms with Gasteiger partial charge in [0.1, 0.15) is 0 Å². The lowest BCUT2D eigenvalue weighted by Crippen LogP contribution is -2.08. The monoisotopic (exact) mass is 255 g/mol. The SMILES string of the molecule is CC(=O)Nc1nc(Br)nc2[nH]cnc12. The molecule has 6 nitrogen and oxygen atoms in total. The van der Waals surface area contributed by atoms with Crippen LogP contribution >= 0.6 is 15.9 Å². The predicted octanol–water partition coefficient (Wildman–Crippen LogP) is 1.07. The van der Waals surface area contributed by atoms with E-state index < -0.39 is 0 Å². The van der Waals surface area contributed by atoms with E-state index in [4.69, 9.17) is 0 Å². The van der Waals surface area contributed by atoms with Crippen molar-refractivity contribution in [2.45, 2.75) is 6.92 Å². The Labute approximate surface area is 87.3 Å². The van der Waals surface area contributed by atoms with E-state index in [1.165, 1.54) is 13.3 Å². The number of imidazole rings is 1. The molecule has 2 rings (SSSR count). The van der Waals surface area contributed by atoms with Gasteiger partial charge in [-0.3, -0.25) is 4.79 Å². The molecule has 2 N–H and O–H groups in total. The zero-order chi connectivity index (χ0) is 10.1. The van der Waals surface area contributed by atoms with Crippen LogP contribution in [0.2, 0.25) is 0 Å². The summed E-state index contributed by atoms with van der Waals surface area (Å²) in [6.07, 6.45) is 1.50. The van der Waals surface area contributed by atoms with Gasteiger partial charge in [0.25, 0.3) is 0 Å². The quantitative estimate of drug-likeness (QED) is 0.747. The maximum Gasteiger partial charge on any atom is 0.222 e. The molecule has 0 saturated carbocycles. The van der Waals surface area contributed by atoms with Gasteiger partial charge in [0.05, 0.1) is 6.33 Å². The highest BCUT2D eigenvalue weighted by Gasteiger charge is 2.09. The van der Waals surface area contributed by atoms with Gasteiger partial charge in [0.2, 0.25) is 10.6 Å². The number of hydrogen-bond acceptors (Lipinski definition) is 4. The van der Waals surface area contributed by atoms with Crippen LogP contribution in [0.4, 0.5) is 5.82 Å². The lowest BCUT2D eigenvalue weighted by atomic mass is 10.5. The Hall–Kier alpha value is -1.50. The molecule has 0 aliphatic rings. The highest BCUT2D eigenvalue weighted by Crippen LogP contribution is 2.18. The Morgan fingerprint density at radius 1 is 1.57 bits per heavy atom. The minimum absolute atomic E-state index is 0.195. The van der Waals surface area contributed by atoms with Crippen LogP contribution < -0.4 is 5.32 Å². The maximum atomic E-state index is 10.9. The molecular weight excluding hydrogens is 250 g/mol. The first kappa shape index (κ1) is 9.07. The number of anilines is 1. The fraction of sp³-hybridized carbons (Fsp3) is 0.143. The summed E-state index contributed by atoms with van der Waals surface area (Å²) in [6, 6.07) is 0.